The molecule has 0 saturated heterocycles. The number of rotatable bonds is 4. The lowest BCUT2D eigenvalue weighted by Gasteiger charge is -1.97. The predicted molar refractivity (Wildman–Crippen MR) is 64.0 cm³/mol. The van der Waals surface area contributed by atoms with E-state index >= 15 is 0 Å². The van der Waals surface area contributed by atoms with Crippen LogP contribution in [0.5, 0.6) is 0 Å². The summed E-state index contributed by atoms with van der Waals surface area (Å²) in [4.78, 5) is 20.3. The van der Waals surface area contributed by atoms with Gasteiger partial charge in [0.25, 0.3) is 5.97 Å². The molecule has 4 heteroatoms. The van der Waals surface area contributed by atoms with Gasteiger partial charge in [0, 0.05) is 24.8 Å². The highest BCUT2D eigenvalue weighted by Crippen LogP contribution is 2.05. The number of halogens is 1. The van der Waals surface area contributed by atoms with Crippen molar-refractivity contribution in [1.29, 1.82) is 0 Å². The minimum Gasteiger partial charge on any atom is -0.481 e. The molecule has 0 unspecified atom stereocenters. The Labute approximate surface area is 100 Å². The van der Waals surface area contributed by atoms with Gasteiger partial charge >= 0.3 is 0 Å². The molecule has 0 aromatic heterocycles. The Balaban J connectivity index is 0.000000487. The second-order valence-electron chi connectivity index (χ2n) is 3.10. The number of hydrogen-bond donors (Lipinski definition) is 1. The van der Waals surface area contributed by atoms with E-state index in [1.807, 2.05) is 30.3 Å². The molecule has 0 bridgehead atoms. The van der Waals surface area contributed by atoms with Crippen LogP contribution in [0.25, 0.3) is 0 Å². The third-order valence-electron chi connectivity index (χ3n) is 1.63. The van der Waals surface area contributed by atoms with Crippen LogP contribution in [0.1, 0.15) is 30.1 Å². The molecule has 1 N–H and O–H groups in total. The van der Waals surface area contributed by atoms with E-state index in [9.17, 15) is 4.79 Å². The Morgan fingerprint density at radius 2 is 1.75 bits per heavy atom. The predicted octanol–water partition coefficient (Wildman–Crippen LogP) is 2.98. The lowest BCUT2D eigenvalue weighted by atomic mass is 10.1. The van der Waals surface area contributed by atoms with Crippen LogP contribution in [0, 0.1) is 0 Å². The molecule has 16 heavy (non-hydrogen) atoms. The highest BCUT2D eigenvalue weighted by molar-refractivity contribution is 6.18. The smallest absolute Gasteiger partial charge is 0.300 e. The maximum atomic E-state index is 11.3. The van der Waals surface area contributed by atoms with Gasteiger partial charge in [-0.25, -0.2) is 0 Å². The van der Waals surface area contributed by atoms with Gasteiger partial charge in [-0.1, -0.05) is 30.3 Å². The van der Waals surface area contributed by atoms with Crippen LogP contribution in [0.4, 0.5) is 0 Å². The number of carboxylic acid groups (broad SMARTS) is 1. The molecule has 0 spiro atoms. The van der Waals surface area contributed by atoms with Crippen molar-refractivity contribution >= 4 is 23.4 Å². The van der Waals surface area contributed by atoms with Crippen molar-refractivity contribution in [3.05, 3.63) is 35.9 Å². The van der Waals surface area contributed by atoms with Crippen LogP contribution in [-0.2, 0) is 4.79 Å². The molecule has 0 radical (unpaired) electrons. The lowest BCUT2D eigenvalue weighted by molar-refractivity contribution is -0.134. The molecule has 0 aliphatic heterocycles. The Hall–Kier alpha value is -1.35. The summed E-state index contributed by atoms with van der Waals surface area (Å²) < 4.78 is 0. The zero-order valence-corrected chi connectivity index (χ0v) is 9.91. The monoisotopic (exact) mass is 242 g/mol. The van der Waals surface area contributed by atoms with Crippen molar-refractivity contribution in [2.75, 3.05) is 5.88 Å². The highest BCUT2D eigenvalue weighted by atomic mass is 35.5. The lowest BCUT2D eigenvalue weighted by Crippen LogP contribution is -1.98. The van der Waals surface area contributed by atoms with Crippen LogP contribution in [0.3, 0.4) is 0 Å². The first-order valence-electron chi connectivity index (χ1n) is 4.91. The Morgan fingerprint density at radius 1 is 1.25 bits per heavy atom. The Kier molecular flexibility index (Phi) is 8.17. The van der Waals surface area contributed by atoms with Gasteiger partial charge in [0.2, 0.25) is 0 Å². The largest absolute Gasteiger partial charge is 0.481 e. The number of hydrogen-bond acceptors (Lipinski definition) is 2. The molecular weight excluding hydrogens is 228 g/mol. The summed E-state index contributed by atoms with van der Waals surface area (Å²) in [6.45, 7) is 1.08. The third kappa shape index (κ3) is 8.00. The number of carbonyl (C=O) groups excluding carboxylic acids is 1. The van der Waals surface area contributed by atoms with Crippen LogP contribution >= 0.6 is 11.6 Å². The number of benzene rings is 1. The zero-order valence-electron chi connectivity index (χ0n) is 9.15. The number of Topliss-reactive ketones (excluding diaryl/α,β-unsaturated/α-hetero) is 1. The Morgan fingerprint density at radius 3 is 2.19 bits per heavy atom. The minimum absolute atomic E-state index is 0.177. The minimum atomic E-state index is -0.833. The second-order valence-corrected chi connectivity index (χ2v) is 3.48. The van der Waals surface area contributed by atoms with Crippen molar-refractivity contribution in [2.24, 2.45) is 0 Å². The third-order valence-corrected chi connectivity index (χ3v) is 1.90. The van der Waals surface area contributed by atoms with E-state index < -0.39 is 5.97 Å². The summed E-state index contributed by atoms with van der Waals surface area (Å²) in [5.41, 5.74) is 0.780. The van der Waals surface area contributed by atoms with E-state index in [1.54, 1.807) is 0 Å². The molecule has 0 fully saturated rings. The first kappa shape index (κ1) is 14.6. The fourth-order valence-corrected chi connectivity index (χ4v) is 1.13. The quantitative estimate of drug-likeness (QED) is 0.652. The van der Waals surface area contributed by atoms with Crippen molar-refractivity contribution in [1.82, 2.24) is 0 Å². The molecule has 0 aliphatic carbocycles. The topological polar surface area (TPSA) is 54.4 Å². The molecule has 3 nitrogen and oxygen atoms in total. The summed E-state index contributed by atoms with van der Waals surface area (Å²) in [7, 11) is 0. The van der Waals surface area contributed by atoms with Crippen LogP contribution in [0.15, 0.2) is 30.3 Å². The zero-order chi connectivity index (χ0) is 12.4. The van der Waals surface area contributed by atoms with E-state index in [-0.39, 0.29) is 5.78 Å². The molecule has 0 heterocycles. The van der Waals surface area contributed by atoms with Crippen molar-refractivity contribution in [3.63, 3.8) is 0 Å². The Bertz CT molecular complexity index is 318. The van der Waals surface area contributed by atoms with E-state index in [4.69, 9.17) is 21.5 Å². The summed E-state index contributed by atoms with van der Waals surface area (Å²) in [5, 5.41) is 7.42. The first-order chi connectivity index (χ1) is 7.57. The van der Waals surface area contributed by atoms with E-state index in [1.165, 1.54) is 0 Å². The SMILES string of the molecule is CC(=O)O.O=C(CCCCl)c1ccccc1. The molecule has 1 aromatic rings. The second kappa shape index (κ2) is 8.92. The number of aliphatic carboxylic acids is 1. The summed E-state index contributed by atoms with van der Waals surface area (Å²) in [6, 6.07) is 9.30. The van der Waals surface area contributed by atoms with Crippen LogP contribution in [0.2, 0.25) is 0 Å². The van der Waals surface area contributed by atoms with Gasteiger partial charge < -0.3 is 5.11 Å². The molecule has 0 saturated carbocycles. The number of carbonyl (C=O) groups is 2. The number of alkyl halides is 1. The average Bonchev–Trinajstić information content (AvgIpc) is 2.26. The van der Waals surface area contributed by atoms with Gasteiger partial charge in [0.05, 0.1) is 0 Å². The van der Waals surface area contributed by atoms with Gasteiger partial charge in [0.1, 0.15) is 0 Å². The molecule has 0 atom stereocenters. The average molecular weight is 243 g/mol. The fraction of sp³-hybridized carbons (Fsp3) is 0.333. The maximum Gasteiger partial charge on any atom is 0.300 e. The van der Waals surface area contributed by atoms with Gasteiger partial charge in [0.15, 0.2) is 5.78 Å². The molecule has 0 amide bonds. The summed E-state index contributed by atoms with van der Waals surface area (Å²) in [6.07, 6.45) is 1.31. The number of ketones is 1. The molecule has 0 aliphatic rings. The molecule has 88 valence electrons. The normalized spacial score (nSPS) is 8.88. The van der Waals surface area contributed by atoms with Crippen molar-refractivity contribution in [2.45, 2.75) is 19.8 Å². The van der Waals surface area contributed by atoms with E-state index in [2.05, 4.69) is 0 Å². The molecule has 1 rings (SSSR count). The van der Waals surface area contributed by atoms with Crippen LogP contribution < -0.4 is 0 Å². The van der Waals surface area contributed by atoms with Gasteiger partial charge in [-0.3, -0.25) is 9.59 Å². The van der Waals surface area contributed by atoms with Gasteiger partial charge in [-0.15, -0.1) is 11.6 Å². The summed E-state index contributed by atoms with van der Waals surface area (Å²) in [5.74, 6) is -0.102. The van der Waals surface area contributed by atoms with Crippen molar-refractivity contribution < 1.29 is 14.7 Å². The standard InChI is InChI=1S/C10H11ClO.C2H4O2/c11-8-4-7-10(12)9-5-2-1-3-6-9;1-2(3)4/h1-3,5-6H,4,7-8H2;1H3,(H,3,4). The van der Waals surface area contributed by atoms with Gasteiger partial charge in [-0.2, -0.15) is 0 Å². The fourth-order valence-electron chi connectivity index (χ4n) is 0.996. The molecular formula is C12H15ClO3. The highest BCUT2D eigenvalue weighted by Gasteiger charge is 2.02. The molecule has 1 aromatic carbocycles. The summed E-state index contributed by atoms with van der Waals surface area (Å²) >= 11 is 5.48. The van der Waals surface area contributed by atoms with E-state index in [0.717, 1.165) is 18.9 Å². The van der Waals surface area contributed by atoms with E-state index in [0.29, 0.717) is 12.3 Å². The number of carboxylic acids is 1. The van der Waals surface area contributed by atoms with Gasteiger partial charge in [-0.05, 0) is 6.42 Å². The maximum absolute atomic E-state index is 11.3. The van der Waals surface area contributed by atoms with Crippen molar-refractivity contribution in [3.8, 4) is 0 Å². The first-order valence-corrected chi connectivity index (χ1v) is 5.45. The van der Waals surface area contributed by atoms with Crippen LogP contribution in [-0.4, -0.2) is 22.7 Å².